The molecule has 2 aromatic rings. The summed E-state index contributed by atoms with van der Waals surface area (Å²) >= 11 is 0. The van der Waals surface area contributed by atoms with Crippen molar-refractivity contribution in [2.75, 3.05) is 11.9 Å². The van der Waals surface area contributed by atoms with Gasteiger partial charge in [0.15, 0.2) is 5.82 Å². The van der Waals surface area contributed by atoms with Crippen LogP contribution < -0.4 is 10.6 Å². The van der Waals surface area contributed by atoms with E-state index in [0.717, 1.165) is 5.57 Å². The summed E-state index contributed by atoms with van der Waals surface area (Å²) in [7, 11) is 1.73. The fourth-order valence-electron chi connectivity index (χ4n) is 2.65. The molecule has 0 spiro atoms. The van der Waals surface area contributed by atoms with E-state index < -0.39 is 18.7 Å². The van der Waals surface area contributed by atoms with Crippen LogP contribution in [-0.4, -0.2) is 44.3 Å². The van der Waals surface area contributed by atoms with E-state index in [1.807, 2.05) is 0 Å². The van der Waals surface area contributed by atoms with Crippen molar-refractivity contribution in [3.63, 3.8) is 0 Å². The molecule has 3 rings (SSSR count). The molecule has 1 aliphatic carbocycles. The number of hydrogen-bond acceptors (Lipinski definition) is 6. The monoisotopic (exact) mass is 404 g/mol. The summed E-state index contributed by atoms with van der Waals surface area (Å²) in [4.78, 5) is 28.7. The standard InChI is InChI=1S/C22H20N4O4/c1-26-12-11-23-20(26)19(28)16-7-9-17(10-8-16)24-21(29)22(30)25-18(14-27)13-15-5-3-2-4-6-15/h3,5-13,22,25,27,30H,14H2,1H3,(H,24,29)/b18-13+. The van der Waals surface area contributed by atoms with Crippen molar-refractivity contribution in [1.29, 1.82) is 0 Å². The van der Waals surface area contributed by atoms with Gasteiger partial charge in [0.1, 0.15) is 0 Å². The number of aryl methyl sites for hydroxylation is 1. The fraction of sp³-hybridized carbons (Fsp3) is 0.136. The van der Waals surface area contributed by atoms with E-state index >= 15 is 0 Å². The van der Waals surface area contributed by atoms with Crippen LogP contribution in [0.25, 0.3) is 0 Å². The van der Waals surface area contributed by atoms with Gasteiger partial charge in [0, 0.05) is 36.4 Å². The Kier molecular flexibility index (Phi) is 6.60. The summed E-state index contributed by atoms with van der Waals surface area (Å²) < 4.78 is 1.62. The van der Waals surface area contributed by atoms with Crippen LogP contribution in [0.4, 0.5) is 5.69 Å². The number of amides is 1. The number of carbonyl (C=O) groups excluding carboxylic acids is 2. The summed E-state index contributed by atoms with van der Waals surface area (Å²) in [5, 5.41) is 24.7. The number of aliphatic hydroxyl groups is 2. The number of aliphatic hydroxyl groups excluding tert-OH is 2. The van der Waals surface area contributed by atoms with Crippen LogP contribution in [-0.2, 0) is 11.8 Å². The zero-order valence-corrected chi connectivity index (χ0v) is 16.2. The number of benzene rings is 1. The number of nitrogens with zero attached hydrogens (tertiary/aromatic N) is 2. The molecule has 1 heterocycles. The lowest BCUT2D eigenvalue weighted by molar-refractivity contribution is -0.125. The van der Waals surface area contributed by atoms with Gasteiger partial charge in [-0.25, -0.2) is 4.98 Å². The smallest absolute Gasteiger partial charge is 0.274 e. The maximum atomic E-state index is 12.4. The molecule has 4 N–H and O–H groups in total. The number of anilines is 1. The minimum atomic E-state index is -1.59. The summed E-state index contributed by atoms with van der Waals surface area (Å²) in [6.07, 6.45) is 8.27. The zero-order valence-electron chi connectivity index (χ0n) is 16.2. The van der Waals surface area contributed by atoms with Crippen LogP contribution >= 0.6 is 0 Å². The molecule has 30 heavy (non-hydrogen) atoms. The second kappa shape index (κ2) is 9.52. The van der Waals surface area contributed by atoms with Crippen molar-refractivity contribution < 1.29 is 19.8 Å². The van der Waals surface area contributed by atoms with Gasteiger partial charge in [-0.1, -0.05) is 11.5 Å². The van der Waals surface area contributed by atoms with Gasteiger partial charge in [0.05, 0.1) is 6.61 Å². The first-order chi connectivity index (χ1) is 14.5. The molecule has 1 unspecified atom stereocenters. The molecule has 152 valence electrons. The lowest BCUT2D eigenvalue weighted by Crippen LogP contribution is -2.40. The van der Waals surface area contributed by atoms with Crippen molar-refractivity contribution in [1.82, 2.24) is 14.9 Å². The fourth-order valence-corrected chi connectivity index (χ4v) is 2.65. The number of hydrogen-bond donors (Lipinski definition) is 4. The number of rotatable bonds is 8. The molecule has 8 heteroatoms. The van der Waals surface area contributed by atoms with Crippen molar-refractivity contribution in [2.24, 2.45) is 7.05 Å². The highest BCUT2D eigenvalue weighted by molar-refractivity contribution is 6.07. The van der Waals surface area contributed by atoms with Crippen LogP contribution in [0.15, 0.2) is 83.7 Å². The first-order valence-electron chi connectivity index (χ1n) is 9.04. The van der Waals surface area contributed by atoms with Gasteiger partial charge < -0.3 is 25.4 Å². The largest absolute Gasteiger partial charge is 0.390 e. The normalized spacial score (nSPS) is 13.7. The lowest BCUT2D eigenvalue weighted by atomic mass is 10.1. The summed E-state index contributed by atoms with van der Waals surface area (Å²) in [5.41, 5.74) is 7.34. The number of nitrogens with one attached hydrogen (secondary N) is 2. The Morgan fingerprint density at radius 2 is 2.03 bits per heavy atom. The Morgan fingerprint density at radius 3 is 2.63 bits per heavy atom. The third-order valence-corrected chi connectivity index (χ3v) is 4.20. The maximum absolute atomic E-state index is 12.4. The Hall–Kier alpha value is -3.93. The third-order valence-electron chi connectivity index (χ3n) is 4.20. The predicted molar refractivity (Wildman–Crippen MR) is 110 cm³/mol. The lowest BCUT2D eigenvalue weighted by Gasteiger charge is -2.16. The SMILES string of the molecule is Cn1ccnc1C(=O)c1ccc(NC(=O)C(O)N/C(=C/C2=CC=C=C=C2)CO)cc1. The molecule has 1 aromatic carbocycles. The second-order valence-corrected chi connectivity index (χ2v) is 6.40. The Labute approximate surface area is 172 Å². The van der Waals surface area contributed by atoms with E-state index in [1.54, 1.807) is 72.6 Å². The second-order valence-electron chi connectivity index (χ2n) is 6.40. The first-order valence-corrected chi connectivity index (χ1v) is 9.04. The van der Waals surface area contributed by atoms with Gasteiger partial charge in [0.25, 0.3) is 5.91 Å². The van der Waals surface area contributed by atoms with Crippen LogP contribution in [0, 0.1) is 0 Å². The predicted octanol–water partition coefficient (Wildman–Crippen LogP) is 1.18. The number of imidazole rings is 1. The van der Waals surface area contributed by atoms with Crippen molar-refractivity contribution in [3.8, 4) is 0 Å². The first kappa shape index (κ1) is 20.8. The molecule has 0 aliphatic heterocycles. The highest BCUT2D eigenvalue weighted by atomic mass is 16.3. The number of carbonyl (C=O) groups is 2. The average Bonchev–Trinajstić information content (AvgIpc) is 3.19. The van der Waals surface area contributed by atoms with E-state index in [9.17, 15) is 19.8 Å². The van der Waals surface area contributed by atoms with E-state index in [0.29, 0.717) is 17.1 Å². The molecular formula is C22H20N4O4. The number of aromatic nitrogens is 2. The third kappa shape index (κ3) is 5.11. The molecule has 0 saturated heterocycles. The Bertz CT molecular complexity index is 1110. The highest BCUT2D eigenvalue weighted by Gasteiger charge is 2.17. The van der Waals surface area contributed by atoms with Crippen LogP contribution in [0.5, 0.6) is 0 Å². The van der Waals surface area contributed by atoms with E-state index in [2.05, 4.69) is 27.1 Å². The molecule has 1 aliphatic rings. The minimum Gasteiger partial charge on any atom is -0.390 e. The molecule has 0 radical (unpaired) electrons. The van der Waals surface area contributed by atoms with Crippen LogP contribution in [0.2, 0.25) is 0 Å². The van der Waals surface area contributed by atoms with E-state index in [-0.39, 0.29) is 11.5 Å². The summed E-state index contributed by atoms with van der Waals surface area (Å²) in [5.74, 6) is -0.648. The van der Waals surface area contributed by atoms with Gasteiger partial charge in [-0.05, 0) is 54.1 Å². The maximum Gasteiger partial charge on any atom is 0.274 e. The molecular weight excluding hydrogens is 384 g/mol. The van der Waals surface area contributed by atoms with Crippen LogP contribution in [0.3, 0.4) is 0 Å². The molecule has 0 bridgehead atoms. The van der Waals surface area contributed by atoms with Gasteiger partial charge >= 0.3 is 0 Å². The van der Waals surface area contributed by atoms with Crippen molar-refractivity contribution in [2.45, 2.75) is 6.23 Å². The highest BCUT2D eigenvalue weighted by Crippen LogP contribution is 2.13. The van der Waals surface area contributed by atoms with E-state index in [4.69, 9.17) is 0 Å². The van der Waals surface area contributed by atoms with Crippen LogP contribution in [0.1, 0.15) is 16.2 Å². The van der Waals surface area contributed by atoms with Gasteiger partial charge in [-0.15, -0.1) is 0 Å². The molecule has 0 fully saturated rings. The summed E-state index contributed by atoms with van der Waals surface area (Å²) in [6.45, 7) is -0.396. The zero-order chi connectivity index (χ0) is 21.5. The topological polar surface area (TPSA) is 116 Å². The molecule has 0 saturated carbocycles. The van der Waals surface area contributed by atoms with Gasteiger partial charge in [0.2, 0.25) is 12.0 Å². The number of ketones is 1. The van der Waals surface area contributed by atoms with Gasteiger partial charge in [-0.2, -0.15) is 0 Å². The number of allylic oxidation sites excluding steroid dienone is 5. The summed E-state index contributed by atoms with van der Waals surface area (Å²) in [6, 6.07) is 6.24. The molecule has 8 nitrogen and oxygen atoms in total. The molecule has 1 atom stereocenters. The average molecular weight is 404 g/mol. The quantitative estimate of drug-likeness (QED) is 0.298. The Morgan fingerprint density at radius 1 is 1.27 bits per heavy atom. The minimum absolute atomic E-state index is 0.240. The Balaban J connectivity index is 1.61. The van der Waals surface area contributed by atoms with Gasteiger partial charge in [-0.3, -0.25) is 9.59 Å². The van der Waals surface area contributed by atoms with Crippen molar-refractivity contribution >= 4 is 17.4 Å². The van der Waals surface area contributed by atoms with E-state index in [1.165, 1.54) is 0 Å². The van der Waals surface area contributed by atoms with Crippen molar-refractivity contribution in [3.05, 3.63) is 95.1 Å². The molecule has 1 aromatic heterocycles. The molecule has 1 amide bonds.